The van der Waals surface area contributed by atoms with Crippen molar-refractivity contribution in [3.8, 4) is 0 Å². The molecule has 1 aromatic heterocycles. The topological polar surface area (TPSA) is 91.6 Å². The smallest absolute Gasteiger partial charge is 0.213 e. The Hall–Kier alpha value is -1.61. The Balaban J connectivity index is 1.98. The van der Waals surface area contributed by atoms with Crippen molar-refractivity contribution in [3.05, 3.63) is 17.0 Å². The summed E-state index contributed by atoms with van der Waals surface area (Å²) in [5, 5.41) is 11.2. The molecule has 9 heteroatoms. The maximum Gasteiger partial charge on any atom is 0.213 e. The average Bonchev–Trinajstić information content (AvgIpc) is 2.85. The number of aliphatic imine (C=N–C) groups is 1. The summed E-state index contributed by atoms with van der Waals surface area (Å²) < 4.78 is 27.4. The molecule has 0 unspecified atom stereocenters. The van der Waals surface area contributed by atoms with Gasteiger partial charge in [0.1, 0.15) is 0 Å². The molecule has 1 aliphatic rings. The van der Waals surface area contributed by atoms with Gasteiger partial charge in [0, 0.05) is 44.0 Å². The molecule has 26 heavy (non-hydrogen) atoms. The number of guanidine groups is 1. The van der Waals surface area contributed by atoms with Gasteiger partial charge in [0.2, 0.25) is 10.0 Å². The summed E-state index contributed by atoms with van der Waals surface area (Å²) in [6, 6.07) is 0.229. The number of aryl methyl sites for hydroxylation is 2. The Morgan fingerprint density at radius 3 is 2.42 bits per heavy atom. The van der Waals surface area contributed by atoms with Crippen molar-refractivity contribution in [3.63, 3.8) is 0 Å². The number of nitrogens with zero attached hydrogens (tertiary/aromatic N) is 4. The normalized spacial score (nSPS) is 17.5. The van der Waals surface area contributed by atoms with E-state index in [-0.39, 0.29) is 11.8 Å². The maximum absolute atomic E-state index is 12.0. The zero-order chi connectivity index (χ0) is 19.3. The summed E-state index contributed by atoms with van der Waals surface area (Å²) in [6.45, 7) is 10.3. The molecule has 2 rings (SSSR count). The molecule has 0 bridgehead atoms. The number of hydrogen-bond acceptors (Lipinski definition) is 4. The predicted octanol–water partition coefficient (Wildman–Crippen LogP) is 0.906. The van der Waals surface area contributed by atoms with Gasteiger partial charge in [-0.3, -0.25) is 4.68 Å². The van der Waals surface area contributed by atoms with Gasteiger partial charge in [-0.1, -0.05) is 0 Å². The van der Waals surface area contributed by atoms with Crippen LogP contribution in [0, 0.1) is 13.8 Å². The zero-order valence-electron chi connectivity index (χ0n) is 16.5. The van der Waals surface area contributed by atoms with Gasteiger partial charge in [0.25, 0.3) is 0 Å². The van der Waals surface area contributed by atoms with E-state index in [0.29, 0.717) is 19.6 Å². The van der Waals surface area contributed by atoms with Crippen LogP contribution >= 0.6 is 0 Å². The number of hydrogen-bond donors (Lipinski definition) is 2. The largest absolute Gasteiger partial charge is 0.357 e. The lowest BCUT2D eigenvalue weighted by Crippen LogP contribution is -2.50. The second-order valence-electron chi connectivity index (χ2n) is 6.69. The molecule has 0 aliphatic carbocycles. The molecule has 1 fully saturated rings. The fraction of sp³-hybridized carbons (Fsp3) is 0.765. The van der Waals surface area contributed by atoms with Crippen LogP contribution in [-0.2, 0) is 23.6 Å². The van der Waals surface area contributed by atoms with E-state index in [0.717, 1.165) is 42.3 Å². The highest BCUT2D eigenvalue weighted by atomic mass is 32.2. The summed E-state index contributed by atoms with van der Waals surface area (Å²) in [5.74, 6) is 0.936. The van der Waals surface area contributed by atoms with Crippen molar-refractivity contribution < 1.29 is 8.42 Å². The van der Waals surface area contributed by atoms with Gasteiger partial charge < -0.3 is 10.6 Å². The molecule has 2 N–H and O–H groups in total. The fourth-order valence-corrected chi connectivity index (χ4v) is 4.31. The highest BCUT2D eigenvalue weighted by molar-refractivity contribution is 7.89. The van der Waals surface area contributed by atoms with Crippen molar-refractivity contribution in [2.75, 3.05) is 25.4 Å². The molecule has 0 amide bonds. The Labute approximate surface area is 157 Å². The van der Waals surface area contributed by atoms with Gasteiger partial charge in [0.05, 0.1) is 18.0 Å². The molecule has 0 atom stereocenters. The minimum Gasteiger partial charge on any atom is -0.357 e. The van der Waals surface area contributed by atoms with E-state index < -0.39 is 10.0 Å². The Morgan fingerprint density at radius 2 is 1.92 bits per heavy atom. The minimum atomic E-state index is -3.09. The van der Waals surface area contributed by atoms with Crippen LogP contribution in [-0.4, -0.2) is 59.9 Å². The lowest BCUT2D eigenvalue weighted by Gasteiger charge is -2.32. The summed E-state index contributed by atoms with van der Waals surface area (Å²) in [4.78, 5) is 4.71. The van der Waals surface area contributed by atoms with Gasteiger partial charge in [-0.15, -0.1) is 0 Å². The summed E-state index contributed by atoms with van der Waals surface area (Å²) in [7, 11) is -1.14. The van der Waals surface area contributed by atoms with Crippen molar-refractivity contribution in [1.82, 2.24) is 24.7 Å². The molecule has 8 nitrogen and oxygen atoms in total. The van der Waals surface area contributed by atoms with Gasteiger partial charge in [-0.2, -0.15) is 5.10 Å². The molecule has 0 radical (unpaired) electrons. The monoisotopic (exact) mass is 384 g/mol. The highest BCUT2D eigenvalue weighted by Gasteiger charge is 2.27. The number of aromatic nitrogens is 2. The van der Waals surface area contributed by atoms with Crippen LogP contribution in [0.4, 0.5) is 0 Å². The first-order chi connectivity index (χ1) is 12.3. The van der Waals surface area contributed by atoms with E-state index in [4.69, 9.17) is 4.99 Å². The molecule has 1 aromatic rings. The molecule has 2 heterocycles. The molecule has 0 spiro atoms. The fourth-order valence-electron chi connectivity index (χ4n) is 3.18. The third-order valence-corrected chi connectivity index (χ3v) is 6.83. The molecule has 1 saturated heterocycles. The summed E-state index contributed by atoms with van der Waals surface area (Å²) >= 11 is 0. The summed E-state index contributed by atoms with van der Waals surface area (Å²) in [5.41, 5.74) is 3.27. The highest BCUT2D eigenvalue weighted by Crippen LogP contribution is 2.15. The van der Waals surface area contributed by atoms with Crippen LogP contribution < -0.4 is 10.6 Å². The van der Waals surface area contributed by atoms with Gasteiger partial charge >= 0.3 is 0 Å². The van der Waals surface area contributed by atoms with Crippen molar-refractivity contribution >= 4 is 16.0 Å². The first-order valence-corrected chi connectivity index (χ1v) is 10.9. The van der Waals surface area contributed by atoms with Crippen LogP contribution in [0.3, 0.4) is 0 Å². The molecule has 1 aliphatic heterocycles. The third kappa shape index (κ3) is 4.97. The molecule has 0 saturated carbocycles. The van der Waals surface area contributed by atoms with Crippen LogP contribution in [0.2, 0.25) is 0 Å². The van der Waals surface area contributed by atoms with Gasteiger partial charge in [-0.25, -0.2) is 17.7 Å². The SMILES string of the molecule is CCNC(=NCc1c(C)nn(C)c1C)NC1CCN(S(=O)(=O)CC)CC1. The second-order valence-corrected chi connectivity index (χ2v) is 8.94. The van der Waals surface area contributed by atoms with Crippen LogP contribution in [0.25, 0.3) is 0 Å². The lowest BCUT2D eigenvalue weighted by atomic mass is 10.1. The van der Waals surface area contributed by atoms with Crippen LogP contribution in [0.5, 0.6) is 0 Å². The molecule has 148 valence electrons. The predicted molar refractivity (Wildman–Crippen MR) is 105 cm³/mol. The molecular weight excluding hydrogens is 352 g/mol. The Morgan fingerprint density at radius 1 is 1.27 bits per heavy atom. The first kappa shape index (κ1) is 20.7. The summed E-state index contributed by atoms with van der Waals surface area (Å²) in [6.07, 6.45) is 1.57. The molecular formula is C17H32N6O2S. The van der Waals surface area contributed by atoms with Crippen molar-refractivity contribution in [2.24, 2.45) is 12.0 Å². The lowest BCUT2D eigenvalue weighted by molar-refractivity contribution is 0.306. The van der Waals surface area contributed by atoms with E-state index >= 15 is 0 Å². The van der Waals surface area contributed by atoms with E-state index in [1.54, 1.807) is 11.2 Å². The minimum absolute atomic E-state index is 0.166. The van der Waals surface area contributed by atoms with Crippen LogP contribution in [0.15, 0.2) is 4.99 Å². The zero-order valence-corrected chi connectivity index (χ0v) is 17.4. The average molecular weight is 385 g/mol. The molecule has 0 aromatic carbocycles. The number of piperidine rings is 1. The van der Waals surface area contributed by atoms with E-state index in [1.165, 1.54) is 0 Å². The van der Waals surface area contributed by atoms with E-state index in [1.807, 2.05) is 25.6 Å². The second kappa shape index (κ2) is 8.85. The van der Waals surface area contributed by atoms with E-state index in [2.05, 4.69) is 22.7 Å². The number of rotatable bonds is 6. The number of nitrogens with one attached hydrogen (secondary N) is 2. The van der Waals surface area contributed by atoms with Gasteiger partial charge in [0.15, 0.2) is 5.96 Å². The van der Waals surface area contributed by atoms with E-state index in [9.17, 15) is 8.42 Å². The van der Waals surface area contributed by atoms with Crippen molar-refractivity contribution in [1.29, 1.82) is 0 Å². The van der Waals surface area contributed by atoms with Crippen molar-refractivity contribution in [2.45, 2.75) is 53.1 Å². The van der Waals surface area contributed by atoms with Gasteiger partial charge in [-0.05, 0) is 40.5 Å². The maximum atomic E-state index is 12.0. The quantitative estimate of drug-likeness (QED) is 0.562. The first-order valence-electron chi connectivity index (χ1n) is 9.30. The Kier molecular flexibility index (Phi) is 7.05. The third-order valence-electron chi connectivity index (χ3n) is 4.95. The number of sulfonamides is 1. The van der Waals surface area contributed by atoms with Crippen LogP contribution in [0.1, 0.15) is 43.6 Å². The standard InChI is InChI=1S/C17H32N6O2S/c1-6-18-17(19-12-16-13(3)21-22(5)14(16)4)20-15-8-10-23(11-9-15)26(24,25)7-2/h15H,6-12H2,1-5H3,(H2,18,19,20). The Bertz CT molecular complexity index is 733.